The number of carbonyl (C=O) groups excluding carboxylic acids is 3. The Labute approximate surface area is 204 Å². The topological polar surface area (TPSA) is 96.9 Å². The third-order valence-electron chi connectivity index (χ3n) is 4.67. The second-order valence-electron chi connectivity index (χ2n) is 7.22. The van der Waals surface area contributed by atoms with Crippen molar-refractivity contribution < 1.29 is 19.1 Å². The van der Waals surface area contributed by atoms with Crippen LogP contribution >= 0.6 is 22.9 Å². The Morgan fingerprint density at radius 2 is 1.74 bits per heavy atom. The van der Waals surface area contributed by atoms with Gasteiger partial charge in [0.05, 0.1) is 11.2 Å². The van der Waals surface area contributed by atoms with Crippen molar-refractivity contribution in [2.24, 2.45) is 5.10 Å². The van der Waals surface area contributed by atoms with Crippen LogP contribution in [0.1, 0.15) is 20.8 Å². The van der Waals surface area contributed by atoms with E-state index in [0.717, 1.165) is 15.6 Å². The van der Waals surface area contributed by atoms with Gasteiger partial charge in [0.25, 0.3) is 0 Å². The summed E-state index contributed by atoms with van der Waals surface area (Å²) in [7, 11) is 0. The average Bonchev–Trinajstić information content (AvgIpc) is 3.17. The van der Waals surface area contributed by atoms with Gasteiger partial charge in [-0.3, -0.25) is 9.59 Å². The van der Waals surface area contributed by atoms with Gasteiger partial charge in [0, 0.05) is 15.8 Å². The van der Waals surface area contributed by atoms with Crippen molar-refractivity contribution in [1.82, 2.24) is 5.43 Å². The molecule has 7 nitrogen and oxygen atoms in total. The van der Waals surface area contributed by atoms with Gasteiger partial charge in [-0.05, 0) is 60.5 Å². The Balaban J connectivity index is 1.32. The molecule has 3 aromatic carbocycles. The number of esters is 1. The van der Waals surface area contributed by atoms with Crippen molar-refractivity contribution in [3.63, 3.8) is 0 Å². The Bertz CT molecular complexity index is 1410. The Kier molecular flexibility index (Phi) is 7.01. The van der Waals surface area contributed by atoms with Crippen molar-refractivity contribution in [3.8, 4) is 5.75 Å². The number of hydrogen-bond donors (Lipinski definition) is 2. The number of rotatable bonds is 5. The molecule has 0 aliphatic heterocycles. The summed E-state index contributed by atoms with van der Waals surface area (Å²) in [5, 5.41) is 7.47. The van der Waals surface area contributed by atoms with Crippen molar-refractivity contribution in [3.05, 3.63) is 93.8 Å². The van der Waals surface area contributed by atoms with Crippen LogP contribution < -0.4 is 15.5 Å². The SMILES string of the molecule is Cc1cccc(NC(=O)C(=O)NN=Cc2ccc(OC(=O)c3sc4ccccc4c3Cl)cc2)c1. The molecule has 4 rings (SSSR count). The first-order valence-corrected chi connectivity index (χ1v) is 11.3. The Hall–Kier alpha value is -4.01. The molecule has 0 aliphatic rings. The molecule has 1 aromatic heterocycles. The van der Waals surface area contributed by atoms with Crippen molar-refractivity contribution in [1.29, 1.82) is 0 Å². The summed E-state index contributed by atoms with van der Waals surface area (Å²) in [6, 6.07) is 21.0. The first-order valence-electron chi connectivity index (χ1n) is 10.1. The van der Waals surface area contributed by atoms with Crippen molar-refractivity contribution in [2.45, 2.75) is 6.92 Å². The van der Waals surface area contributed by atoms with Crippen molar-refractivity contribution >= 4 is 62.7 Å². The zero-order chi connectivity index (χ0) is 24.1. The van der Waals surface area contributed by atoms with E-state index in [0.29, 0.717) is 26.9 Å². The van der Waals surface area contributed by atoms with Gasteiger partial charge in [-0.2, -0.15) is 5.10 Å². The molecule has 0 aliphatic carbocycles. The maximum absolute atomic E-state index is 12.5. The largest absolute Gasteiger partial charge is 0.422 e. The fourth-order valence-electron chi connectivity index (χ4n) is 3.05. The van der Waals surface area contributed by atoms with Crippen LogP contribution in [0.15, 0.2) is 77.9 Å². The normalized spacial score (nSPS) is 10.9. The van der Waals surface area contributed by atoms with Crippen LogP contribution in [0.5, 0.6) is 5.75 Å². The summed E-state index contributed by atoms with van der Waals surface area (Å²) in [5.41, 5.74) is 4.27. The van der Waals surface area contributed by atoms with E-state index in [1.54, 1.807) is 42.5 Å². The van der Waals surface area contributed by atoms with Gasteiger partial charge >= 0.3 is 17.8 Å². The van der Waals surface area contributed by atoms with Gasteiger partial charge in [-0.25, -0.2) is 10.2 Å². The molecule has 0 bridgehead atoms. The third-order valence-corrected chi connectivity index (χ3v) is 6.33. The third kappa shape index (κ3) is 5.48. The summed E-state index contributed by atoms with van der Waals surface area (Å²) >= 11 is 7.60. The van der Waals surface area contributed by atoms with E-state index >= 15 is 0 Å². The van der Waals surface area contributed by atoms with E-state index in [4.69, 9.17) is 16.3 Å². The molecule has 4 aromatic rings. The van der Waals surface area contributed by atoms with Crippen LogP contribution in [-0.2, 0) is 9.59 Å². The minimum Gasteiger partial charge on any atom is -0.422 e. The zero-order valence-electron chi connectivity index (χ0n) is 17.9. The molecular formula is C25H18ClN3O4S. The van der Waals surface area contributed by atoms with E-state index in [-0.39, 0.29) is 0 Å². The highest BCUT2D eigenvalue weighted by molar-refractivity contribution is 7.21. The minimum atomic E-state index is -0.900. The van der Waals surface area contributed by atoms with Gasteiger partial charge in [0.2, 0.25) is 0 Å². The summed E-state index contributed by atoms with van der Waals surface area (Å²) in [6.45, 7) is 1.88. The van der Waals surface area contributed by atoms with E-state index in [2.05, 4.69) is 15.8 Å². The minimum absolute atomic E-state index is 0.331. The number of fused-ring (bicyclic) bond motifs is 1. The Morgan fingerprint density at radius 3 is 2.47 bits per heavy atom. The number of benzene rings is 3. The molecule has 0 atom stereocenters. The van der Waals surface area contributed by atoms with Crippen LogP contribution in [0.25, 0.3) is 10.1 Å². The fraction of sp³-hybridized carbons (Fsp3) is 0.0400. The standard InChI is InChI=1S/C25H18ClN3O4S/c1-15-5-4-6-17(13-15)28-23(30)24(31)29-27-14-16-9-11-18(12-10-16)33-25(32)22-21(26)19-7-2-3-8-20(19)34-22/h2-14H,1H3,(H,28,30)(H,29,31). The highest BCUT2D eigenvalue weighted by Crippen LogP contribution is 2.35. The number of carbonyl (C=O) groups is 3. The lowest BCUT2D eigenvalue weighted by Crippen LogP contribution is -2.32. The molecule has 2 N–H and O–H groups in total. The van der Waals surface area contributed by atoms with E-state index < -0.39 is 17.8 Å². The monoisotopic (exact) mass is 491 g/mol. The molecule has 0 unspecified atom stereocenters. The van der Waals surface area contributed by atoms with Gasteiger partial charge in [0.15, 0.2) is 0 Å². The second kappa shape index (κ2) is 10.3. The van der Waals surface area contributed by atoms with Crippen molar-refractivity contribution in [2.75, 3.05) is 5.32 Å². The van der Waals surface area contributed by atoms with E-state index in [1.165, 1.54) is 17.6 Å². The smallest absolute Gasteiger partial charge is 0.355 e. The molecule has 0 saturated heterocycles. The fourth-order valence-corrected chi connectivity index (χ4v) is 4.43. The Morgan fingerprint density at radius 1 is 0.971 bits per heavy atom. The molecule has 0 spiro atoms. The van der Waals surface area contributed by atoms with Gasteiger partial charge < -0.3 is 10.1 Å². The predicted octanol–water partition coefficient (Wildman–Crippen LogP) is 5.17. The van der Waals surface area contributed by atoms with Crippen LogP contribution in [0.2, 0.25) is 5.02 Å². The maximum Gasteiger partial charge on any atom is 0.355 e. The first kappa shape index (κ1) is 23.2. The van der Waals surface area contributed by atoms with Gasteiger partial charge in [-0.1, -0.05) is 41.9 Å². The highest BCUT2D eigenvalue weighted by Gasteiger charge is 2.19. The lowest BCUT2D eigenvalue weighted by molar-refractivity contribution is -0.136. The lowest BCUT2D eigenvalue weighted by atomic mass is 10.2. The summed E-state index contributed by atoms with van der Waals surface area (Å²) in [6.07, 6.45) is 1.37. The zero-order valence-corrected chi connectivity index (χ0v) is 19.4. The molecular weight excluding hydrogens is 474 g/mol. The van der Waals surface area contributed by atoms with E-state index in [1.807, 2.05) is 37.3 Å². The van der Waals surface area contributed by atoms with Crippen LogP contribution in [0, 0.1) is 6.92 Å². The maximum atomic E-state index is 12.5. The van der Waals surface area contributed by atoms with Gasteiger partial charge in [0.1, 0.15) is 10.6 Å². The molecule has 2 amide bonds. The van der Waals surface area contributed by atoms with Crippen LogP contribution in [-0.4, -0.2) is 24.0 Å². The number of nitrogens with zero attached hydrogens (tertiary/aromatic N) is 1. The molecule has 170 valence electrons. The molecule has 0 radical (unpaired) electrons. The summed E-state index contributed by atoms with van der Waals surface area (Å²) in [5.74, 6) is -1.94. The molecule has 0 saturated carbocycles. The number of hydrogen-bond acceptors (Lipinski definition) is 6. The lowest BCUT2D eigenvalue weighted by Gasteiger charge is -2.05. The number of nitrogens with one attached hydrogen (secondary N) is 2. The number of anilines is 1. The highest BCUT2D eigenvalue weighted by atomic mass is 35.5. The van der Waals surface area contributed by atoms with Crippen LogP contribution in [0.3, 0.4) is 0 Å². The van der Waals surface area contributed by atoms with Crippen LogP contribution in [0.4, 0.5) is 5.69 Å². The van der Waals surface area contributed by atoms with E-state index in [9.17, 15) is 14.4 Å². The number of aryl methyl sites for hydroxylation is 1. The quantitative estimate of drug-likeness (QED) is 0.132. The molecule has 0 fully saturated rings. The summed E-state index contributed by atoms with van der Waals surface area (Å²) in [4.78, 5) is 36.8. The number of halogens is 1. The first-order chi connectivity index (χ1) is 16.4. The number of ether oxygens (including phenoxy) is 1. The number of amides is 2. The molecule has 9 heteroatoms. The molecule has 34 heavy (non-hydrogen) atoms. The second-order valence-corrected chi connectivity index (χ2v) is 8.65. The number of hydrazone groups is 1. The molecule has 1 heterocycles. The number of thiophene rings is 1. The predicted molar refractivity (Wildman–Crippen MR) is 134 cm³/mol. The summed E-state index contributed by atoms with van der Waals surface area (Å²) < 4.78 is 6.33. The van der Waals surface area contributed by atoms with Gasteiger partial charge in [-0.15, -0.1) is 11.3 Å². The average molecular weight is 492 g/mol.